The first kappa shape index (κ1) is 46.4. The van der Waals surface area contributed by atoms with Gasteiger partial charge >= 0.3 is 0 Å². The SMILES string of the molecule is C[C@@H]1NC(=O)[C@@H](N(C)C(=O)[C@H](CCCCN)NC(=O)c2ccc(-c3ccc(Cl)cc3)cc2)c2ccc(O)c(c2)-c2cc(ccc2O)C[C@@H](C(=O)N[C@@H](C)C(=O)c2ccccn2)NC1=O. The molecule has 0 unspecified atom stereocenters. The Bertz CT molecular complexity index is 2520. The summed E-state index contributed by atoms with van der Waals surface area (Å²) in [7, 11) is 1.39. The van der Waals surface area contributed by atoms with Crippen molar-refractivity contribution in [3.8, 4) is 33.8 Å². The number of likely N-dealkylation sites (N-methyl/N-ethyl adjacent to an activating group) is 1. The van der Waals surface area contributed by atoms with Crippen LogP contribution in [-0.4, -0.2) is 93.2 Å². The number of hydrogen-bond acceptors (Lipinski definition) is 10. The van der Waals surface area contributed by atoms with Crippen molar-refractivity contribution in [2.24, 2.45) is 5.73 Å². The summed E-state index contributed by atoms with van der Waals surface area (Å²) < 4.78 is 0. The first-order valence-electron chi connectivity index (χ1n) is 20.8. The lowest BCUT2D eigenvalue weighted by Gasteiger charge is -2.32. The average Bonchev–Trinajstić information content (AvgIpc) is 3.29. The van der Waals surface area contributed by atoms with Gasteiger partial charge in [0.1, 0.15) is 41.4 Å². The van der Waals surface area contributed by atoms with Crippen molar-refractivity contribution < 1.29 is 39.0 Å². The van der Waals surface area contributed by atoms with Crippen LogP contribution in [0.2, 0.25) is 5.02 Å². The van der Waals surface area contributed by atoms with Crippen molar-refractivity contribution in [1.29, 1.82) is 0 Å². The largest absolute Gasteiger partial charge is 0.507 e. The van der Waals surface area contributed by atoms with Gasteiger partial charge in [-0.05, 0) is 123 Å². The molecule has 1 aliphatic heterocycles. The monoisotopic (exact) mass is 887 g/mol. The van der Waals surface area contributed by atoms with E-state index in [1.54, 1.807) is 54.6 Å². The second-order valence-corrected chi connectivity index (χ2v) is 16.1. The van der Waals surface area contributed by atoms with Gasteiger partial charge in [0.2, 0.25) is 29.4 Å². The van der Waals surface area contributed by atoms with Crippen LogP contribution in [0.1, 0.15) is 71.1 Å². The van der Waals surface area contributed by atoms with E-state index < -0.39 is 65.5 Å². The molecule has 15 nitrogen and oxygen atoms in total. The number of carbonyl (C=O) groups is 6. The Morgan fingerprint density at radius 3 is 2.16 bits per heavy atom. The number of hydrogen-bond donors (Lipinski definition) is 7. The molecule has 1 aromatic heterocycles. The summed E-state index contributed by atoms with van der Waals surface area (Å²) in [4.78, 5) is 88.7. The summed E-state index contributed by atoms with van der Waals surface area (Å²) in [5.74, 6) is -4.38. The maximum Gasteiger partial charge on any atom is 0.251 e. The maximum atomic E-state index is 14.6. The van der Waals surface area contributed by atoms with Gasteiger partial charge in [-0.1, -0.05) is 54.1 Å². The summed E-state index contributed by atoms with van der Waals surface area (Å²) in [6.07, 6.45) is 2.54. The number of aromatic nitrogens is 1. The van der Waals surface area contributed by atoms with E-state index in [0.717, 1.165) is 16.0 Å². The predicted octanol–water partition coefficient (Wildman–Crippen LogP) is 4.84. The number of halogens is 1. The first-order chi connectivity index (χ1) is 30.6. The molecule has 5 atom stereocenters. The molecular formula is C48H50ClN7O8. The van der Waals surface area contributed by atoms with Crippen LogP contribution < -0.4 is 27.0 Å². The van der Waals surface area contributed by atoms with Gasteiger partial charge in [0.25, 0.3) is 5.91 Å². The highest BCUT2D eigenvalue weighted by Gasteiger charge is 2.36. The third-order valence-electron chi connectivity index (χ3n) is 11.0. The van der Waals surface area contributed by atoms with Crippen molar-refractivity contribution >= 4 is 46.9 Å². The van der Waals surface area contributed by atoms with Gasteiger partial charge in [-0.2, -0.15) is 0 Å². The highest BCUT2D eigenvalue weighted by atomic mass is 35.5. The zero-order valence-electron chi connectivity index (χ0n) is 35.5. The minimum absolute atomic E-state index is 0.107. The number of carbonyl (C=O) groups excluding carboxylic acids is 6. The standard InChI is InChI=1S/C48H50ClN7O8/c1-27(43(59)37-8-5-7-23-51-37)52-46(62)39-25-29-10-20-40(57)35(24-29)36-26-33(17-21-41(36)58)42(47(63)53-28(2)44(60)55-39)56(3)48(64)38(9-4-6-22-50)54-45(61)32-13-11-30(12-14-32)31-15-18-34(49)19-16-31/h5,7-8,10-21,23-24,26-28,38-39,42,57-58H,4,6,9,22,25,50H2,1-3H3,(H,52,62)(H,53,63)(H,54,61)(H,55,60)/t27-,28-,38-,39-,42-/m0/s1. The number of phenols is 2. The van der Waals surface area contributed by atoms with Crippen LogP contribution in [0.4, 0.5) is 0 Å². The molecule has 64 heavy (non-hydrogen) atoms. The van der Waals surface area contributed by atoms with Crippen LogP contribution in [0.3, 0.4) is 0 Å². The van der Waals surface area contributed by atoms with Gasteiger partial charge in [-0.3, -0.25) is 33.8 Å². The Kier molecular flexibility index (Phi) is 15.1. The summed E-state index contributed by atoms with van der Waals surface area (Å²) >= 11 is 6.05. The van der Waals surface area contributed by atoms with Crippen molar-refractivity contribution in [3.05, 3.63) is 137 Å². The number of nitrogens with zero attached hydrogens (tertiary/aromatic N) is 2. The highest BCUT2D eigenvalue weighted by molar-refractivity contribution is 6.30. The molecule has 6 rings (SSSR count). The Morgan fingerprint density at radius 2 is 1.50 bits per heavy atom. The van der Waals surface area contributed by atoms with Gasteiger partial charge in [0.15, 0.2) is 0 Å². The summed E-state index contributed by atoms with van der Waals surface area (Å²) in [6, 6.07) is 21.4. The quantitative estimate of drug-likeness (QED) is 0.0628. The Balaban J connectivity index is 1.31. The van der Waals surface area contributed by atoms with Gasteiger partial charge in [-0.25, -0.2) is 0 Å². The van der Waals surface area contributed by atoms with Crippen molar-refractivity contribution in [3.63, 3.8) is 0 Å². The fourth-order valence-electron chi connectivity index (χ4n) is 7.45. The van der Waals surface area contributed by atoms with E-state index in [0.29, 0.717) is 35.5 Å². The molecule has 0 aliphatic carbocycles. The molecule has 5 amide bonds. The molecule has 5 aromatic rings. The third-order valence-corrected chi connectivity index (χ3v) is 11.3. The number of Topliss-reactive ketones (excluding diaryl/α,β-unsaturated/α-hetero) is 1. The van der Waals surface area contributed by atoms with E-state index >= 15 is 0 Å². The van der Waals surface area contributed by atoms with Crippen LogP contribution in [0.25, 0.3) is 22.3 Å². The number of nitrogens with two attached hydrogens (primary N) is 1. The fourth-order valence-corrected chi connectivity index (χ4v) is 7.57. The van der Waals surface area contributed by atoms with Gasteiger partial charge < -0.3 is 42.1 Å². The Hall–Kier alpha value is -7.10. The maximum absolute atomic E-state index is 14.6. The van der Waals surface area contributed by atoms with Crippen molar-refractivity contribution in [2.75, 3.05) is 13.6 Å². The second kappa shape index (κ2) is 20.8. The third kappa shape index (κ3) is 11.1. The summed E-state index contributed by atoms with van der Waals surface area (Å²) in [5.41, 5.74) is 8.87. The minimum Gasteiger partial charge on any atom is -0.507 e. The van der Waals surface area contributed by atoms with E-state index in [-0.39, 0.29) is 46.7 Å². The normalized spacial score (nSPS) is 17.1. The molecule has 8 N–H and O–H groups in total. The number of unbranched alkanes of at least 4 members (excludes halogenated alkanes) is 1. The van der Waals surface area contributed by atoms with Crippen LogP contribution >= 0.6 is 11.6 Å². The fraction of sp³-hybridized carbons (Fsp3) is 0.271. The number of fused-ring (bicyclic) bond motifs is 5. The number of amides is 5. The Labute approximate surface area is 375 Å². The zero-order chi connectivity index (χ0) is 46.1. The molecule has 0 saturated heterocycles. The molecule has 4 aromatic carbocycles. The molecule has 332 valence electrons. The second-order valence-electron chi connectivity index (χ2n) is 15.7. The van der Waals surface area contributed by atoms with E-state index in [4.69, 9.17) is 17.3 Å². The minimum atomic E-state index is -1.44. The number of pyridine rings is 1. The molecular weight excluding hydrogens is 838 g/mol. The van der Waals surface area contributed by atoms with Crippen LogP contribution in [-0.2, 0) is 25.6 Å². The molecule has 0 radical (unpaired) electrons. The van der Waals surface area contributed by atoms with Crippen LogP contribution in [0.5, 0.6) is 11.5 Å². The number of ketones is 1. The highest BCUT2D eigenvalue weighted by Crippen LogP contribution is 2.39. The van der Waals surface area contributed by atoms with Crippen molar-refractivity contribution in [1.82, 2.24) is 31.2 Å². The van der Waals surface area contributed by atoms with Gasteiger partial charge in [0.05, 0.1) is 6.04 Å². The molecule has 1 aliphatic rings. The lowest BCUT2D eigenvalue weighted by Crippen LogP contribution is -2.56. The Morgan fingerprint density at radius 1 is 0.844 bits per heavy atom. The first-order valence-corrected chi connectivity index (χ1v) is 21.2. The topological polar surface area (TPSA) is 233 Å². The average molecular weight is 888 g/mol. The van der Waals surface area contributed by atoms with E-state index in [2.05, 4.69) is 26.3 Å². The number of rotatable bonds is 13. The predicted molar refractivity (Wildman–Crippen MR) is 241 cm³/mol. The summed E-state index contributed by atoms with van der Waals surface area (Å²) in [5, 5.41) is 33.7. The lowest BCUT2D eigenvalue weighted by molar-refractivity contribution is -0.141. The number of benzene rings is 4. The molecule has 0 spiro atoms. The lowest BCUT2D eigenvalue weighted by atomic mass is 9.93. The van der Waals surface area contributed by atoms with Gasteiger partial charge in [0, 0.05) is 41.4 Å². The van der Waals surface area contributed by atoms with E-state index in [1.807, 2.05) is 12.1 Å². The zero-order valence-corrected chi connectivity index (χ0v) is 36.3. The van der Waals surface area contributed by atoms with E-state index in [1.165, 1.54) is 63.5 Å². The van der Waals surface area contributed by atoms with Crippen LogP contribution in [0.15, 0.2) is 109 Å². The van der Waals surface area contributed by atoms with Gasteiger partial charge in [-0.15, -0.1) is 0 Å². The number of aromatic hydroxyl groups is 2. The molecule has 0 fully saturated rings. The van der Waals surface area contributed by atoms with E-state index in [9.17, 15) is 39.0 Å². The smallest absolute Gasteiger partial charge is 0.251 e. The van der Waals surface area contributed by atoms with Crippen LogP contribution in [0, 0.1) is 0 Å². The van der Waals surface area contributed by atoms with Crippen molar-refractivity contribution in [2.45, 2.75) is 69.7 Å². The molecule has 4 bridgehead atoms. The number of nitrogens with one attached hydrogen (secondary N) is 4. The summed E-state index contributed by atoms with van der Waals surface area (Å²) in [6.45, 7) is 3.25. The molecule has 16 heteroatoms. The molecule has 2 heterocycles. The number of phenolic OH excluding ortho intramolecular Hbond substituents is 2. The molecule has 0 saturated carbocycles.